The Hall–Kier alpha value is -3.12. The van der Waals surface area contributed by atoms with E-state index in [9.17, 15) is 10.1 Å². The van der Waals surface area contributed by atoms with Gasteiger partial charge in [-0.25, -0.2) is 4.98 Å². The van der Waals surface area contributed by atoms with Crippen LogP contribution in [0.1, 0.15) is 5.56 Å². The van der Waals surface area contributed by atoms with Crippen molar-refractivity contribution in [2.75, 3.05) is 5.32 Å². The van der Waals surface area contributed by atoms with Crippen molar-refractivity contribution in [1.29, 1.82) is 0 Å². The van der Waals surface area contributed by atoms with Gasteiger partial charge < -0.3 is 9.73 Å². The summed E-state index contributed by atoms with van der Waals surface area (Å²) in [6.07, 6.45) is 1.64. The van der Waals surface area contributed by atoms with Crippen LogP contribution in [-0.2, 0) is 6.54 Å². The Kier molecular flexibility index (Phi) is 3.74. The van der Waals surface area contributed by atoms with Crippen molar-refractivity contribution >= 4 is 45.0 Å². The number of benzene rings is 2. The highest BCUT2D eigenvalue weighted by atomic mass is 35.5. The standard InChI is InChI=1S/C18H12ClN3O3/c19-12-3-1-11(2-4-12)10-21-15-7-8-20-18-17(15)14-9-13(22(23)24)5-6-16(14)25-18/h1-9H,10H2,(H,20,21). The Bertz CT molecular complexity index is 1090. The van der Waals surface area contributed by atoms with Gasteiger partial charge in [0.1, 0.15) is 5.58 Å². The molecule has 0 radical (unpaired) electrons. The van der Waals surface area contributed by atoms with E-state index in [1.165, 1.54) is 12.1 Å². The highest BCUT2D eigenvalue weighted by Crippen LogP contribution is 2.35. The van der Waals surface area contributed by atoms with Gasteiger partial charge in [-0.05, 0) is 29.8 Å². The van der Waals surface area contributed by atoms with E-state index in [1.807, 2.05) is 30.3 Å². The molecule has 0 fully saturated rings. The van der Waals surface area contributed by atoms with Crippen molar-refractivity contribution in [3.05, 3.63) is 75.4 Å². The van der Waals surface area contributed by atoms with Crippen LogP contribution in [0.4, 0.5) is 11.4 Å². The van der Waals surface area contributed by atoms with Crippen LogP contribution in [0.25, 0.3) is 22.1 Å². The number of anilines is 1. The Labute approximate surface area is 147 Å². The summed E-state index contributed by atoms with van der Waals surface area (Å²) in [5.41, 5.74) is 2.89. The lowest BCUT2D eigenvalue weighted by Crippen LogP contribution is -1.99. The molecule has 0 aliphatic carbocycles. The molecule has 0 amide bonds. The number of hydrogen-bond donors (Lipinski definition) is 1. The van der Waals surface area contributed by atoms with E-state index >= 15 is 0 Å². The zero-order valence-electron chi connectivity index (χ0n) is 12.9. The first-order valence-corrected chi connectivity index (χ1v) is 7.93. The van der Waals surface area contributed by atoms with Crippen molar-refractivity contribution in [3.63, 3.8) is 0 Å². The van der Waals surface area contributed by atoms with Gasteiger partial charge in [0.05, 0.1) is 10.3 Å². The van der Waals surface area contributed by atoms with Crippen LogP contribution >= 0.6 is 11.6 Å². The van der Waals surface area contributed by atoms with E-state index in [1.54, 1.807) is 12.3 Å². The fourth-order valence-electron chi connectivity index (χ4n) is 2.75. The second-order valence-corrected chi connectivity index (χ2v) is 5.99. The summed E-state index contributed by atoms with van der Waals surface area (Å²) >= 11 is 5.90. The summed E-state index contributed by atoms with van der Waals surface area (Å²) in [6, 6.07) is 13.9. The SMILES string of the molecule is O=[N+]([O-])c1ccc2oc3nccc(NCc4ccc(Cl)cc4)c3c2c1. The van der Waals surface area contributed by atoms with Gasteiger partial charge in [-0.2, -0.15) is 0 Å². The summed E-state index contributed by atoms with van der Waals surface area (Å²) in [5.74, 6) is 0. The van der Waals surface area contributed by atoms with Gasteiger partial charge in [0.2, 0.25) is 5.71 Å². The van der Waals surface area contributed by atoms with Gasteiger partial charge in [-0.15, -0.1) is 0 Å². The lowest BCUT2D eigenvalue weighted by atomic mass is 10.1. The Morgan fingerprint density at radius 1 is 1.16 bits per heavy atom. The fraction of sp³-hybridized carbons (Fsp3) is 0.0556. The number of furan rings is 1. The molecule has 2 aromatic heterocycles. The van der Waals surface area contributed by atoms with Crippen molar-refractivity contribution in [2.45, 2.75) is 6.54 Å². The quantitative estimate of drug-likeness (QED) is 0.405. The second kappa shape index (κ2) is 6.07. The molecule has 124 valence electrons. The number of pyridine rings is 1. The third kappa shape index (κ3) is 2.88. The predicted molar refractivity (Wildman–Crippen MR) is 96.9 cm³/mol. The Balaban J connectivity index is 1.77. The smallest absolute Gasteiger partial charge is 0.270 e. The summed E-state index contributed by atoms with van der Waals surface area (Å²) < 4.78 is 5.70. The molecule has 2 aromatic carbocycles. The van der Waals surface area contributed by atoms with E-state index in [0.717, 1.165) is 16.6 Å². The van der Waals surface area contributed by atoms with Gasteiger partial charge in [0, 0.05) is 41.0 Å². The molecular weight excluding hydrogens is 342 g/mol. The van der Waals surface area contributed by atoms with Gasteiger partial charge in [-0.3, -0.25) is 10.1 Å². The molecule has 0 unspecified atom stereocenters. The maximum absolute atomic E-state index is 11.1. The number of nitrogens with one attached hydrogen (secondary N) is 1. The molecule has 0 aliphatic rings. The van der Waals surface area contributed by atoms with Crippen LogP contribution in [0.15, 0.2) is 59.1 Å². The van der Waals surface area contributed by atoms with Crippen LogP contribution in [0.3, 0.4) is 0 Å². The molecule has 0 saturated carbocycles. The monoisotopic (exact) mass is 353 g/mol. The highest BCUT2D eigenvalue weighted by molar-refractivity contribution is 6.30. The lowest BCUT2D eigenvalue weighted by Gasteiger charge is -2.07. The molecule has 1 N–H and O–H groups in total. The van der Waals surface area contributed by atoms with E-state index < -0.39 is 4.92 Å². The molecule has 4 rings (SSSR count). The number of hydrogen-bond acceptors (Lipinski definition) is 5. The van der Waals surface area contributed by atoms with Crippen LogP contribution < -0.4 is 5.32 Å². The summed E-state index contributed by atoms with van der Waals surface area (Å²) in [4.78, 5) is 14.9. The molecule has 2 heterocycles. The summed E-state index contributed by atoms with van der Waals surface area (Å²) in [6.45, 7) is 0.581. The summed E-state index contributed by atoms with van der Waals surface area (Å²) in [7, 11) is 0. The van der Waals surface area contributed by atoms with Crippen molar-refractivity contribution in [1.82, 2.24) is 4.98 Å². The van der Waals surface area contributed by atoms with E-state index in [-0.39, 0.29) is 5.69 Å². The first-order chi connectivity index (χ1) is 12.1. The van der Waals surface area contributed by atoms with Crippen LogP contribution in [0, 0.1) is 10.1 Å². The van der Waals surface area contributed by atoms with Gasteiger partial charge in [0.15, 0.2) is 0 Å². The van der Waals surface area contributed by atoms with Gasteiger partial charge in [0.25, 0.3) is 5.69 Å². The first kappa shape index (κ1) is 15.4. The Morgan fingerprint density at radius 3 is 2.72 bits per heavy atom. The average Bonchev–Trinajstić information content (AvgIpc) is 2.99. The molecule has 6 nitrogen and oxygen atoms in total. The topological polar surface area (TPSA) is 81.2 Å². The molecule has 7 heteroatoms. The minimum atomic E-state index is -0.421. The highest BCUT2D eigenvalue weighted by Gasteiger charge is 2.15. The minimum Gasteiger partial charge on any atom is -0.438 e. The molecule has 0 saturated heterocycles. The number of rotatable bonds is 4. The van der Waals surface area contributed by atoms with Crippen LogP contribution in [-0.4, -0.2) is 9.91 Å². The molecular formula is C18H12ClN3O3. The van der Waals surface area contributed by atoms with E-state index in [2.05, 4.69) is 10.3 Å². The molecule has 0 aliphatic heterocycles. The number of nitro groups is 1. The fourth-order valence-corrected chi connectivity index (χ4v) is 2.87. The second-order valence-electron chi connectivity index (χ2n) is 5.56. The zero-order valence-corrected chi connectivity index (χ0v) is 13.7. The molecule has 0 spiro atoms. The first-order valence-electron chi connectivity index (χ1n) is 7.56. The van der Waals surface area contributed by atoms with Gasteiger partial charge in [-0.1, -0.05) is 23.7 Å². The van der Waals surface area contributed by atoms with E-state index in [0.29, 0.717) is 28.3 Å². The van der Waals surface area contributed by atoms with Crippen LogP contribution in [0.2, 0.25) is 5.02 Å². The van der Waals surface area contributed by atoms with Crippen molar-refractivity contribution in [3.8, 4) is 0 Å². The van der Waals surface area contributed by atoms with Crippen molar-refractivity contribution < 1.29 is 9.34 Å². The number of fused-ring (bicyclic) bond motifs is 3. The number of aromatic nitrogens is 1. The maximum Gasteiger partial charge on any atom is 0.270 e. The number of nitrogens with zero attached hydrogens (tertiary/aromatic N) is 2. The maximum atomic E-state index is 11.1. The third-order valence-corrected chi connectivity index (χ3v) is 4.21. The molecule has 0 atom stereocenters. The lowest BCUT2D eigenvalue weighted by molar-refractivity contribution is -0.384. The van der Waals surface area contributed by atoms with Crippen LogP contribution in [0.5, 0.6) is 0 Å². The van der Waals surface area contributed by atoms with Crippen molar-refractivity contribution in [2.24, 2.45) is 0 Å². The number of nitro benzene ring substituents is 1. The predicted octanol–water partition coefficient (Wildman–Crippen LogP) is 5.15. The number of halogens is 1. The number of non-ortho nitro benzene ring substituents is 1. The molecule has 4 aromatic rings. The largest absolute Gasteiger partial charge is 0.438 e. The third-order valence-electron chi connectivity index (χ3n) is 3.96. The van der Waals surface area contributed by atoms with E-state index in [4.69, 9.17) is 16.0 Å². The molecule has 25 heavy (non-hydrogen) atoms. The average molecular weight is 354 g/mol. The summed E-state index contributed by atoms with van der Waals surface area (Å²) in [5, 5.41) is 16.5. The minimum absolute atomic E-state index is 0.0164. The Morgan fingerprint density at radius 2 is 1.96 bits per heavy atom. The normalized spacial score (nSPS) is 11.1. The molecule has 0 bridgehead atoms. The zero-order chi connectivity index (χ0) is 17.4. The van der Waals surface area contributed by atoms with Gasteiger partial charge >= 0.3 is 0 Å².